The first kappa shape index (κ1) is 9.24. The highest BCUT2D eigenvalue weighted by Gasteiger charge is 2.07. The van der Waals surface area contributed by atoms with Crippen LogP contribution in [-0.4, -0.2) is 15.1 Å². The Morgan fingerprint density at radius 3 is 2.57 bits per heavy atom. The Kier molecular flexibility index (Phi) is 2.52. The van der Waals surface area contributed by atoms with E-state index in [1.807, 2.05) is 30.3 Å². The van der Waals surface area contributed by atoms with Gasteiger partial charge in [-0.2, -0.15) is 0 Å². The minimum Gasteiger partial charge on any atom is -0.390 e. The number of aromatic nitrogens is 2. The molecule has 2 N–H and O–H groups in total. The lowest BCUT2D eigenvalue weighted by Gasteiger charge is -1.93. The lowest BCUT2D eigenvalue weighted by Crippen LogP contribution is -1.83. The zero-order valence-electron chi connectivity index (χ0n) is 7.37. The summed E-state index contributed by atoms with van der Waals surface area (Å²) in [4.78, 5) is 7.06. The molecule has 1 aromatic heterocycles. The normalized spacial score (nSPS) is 10.4. The molecule has 3 nitrogen and oxygen atoms in total. The lowest BCUT2D eigenvalue weighted by molar-refractivity contribution is 0.277. The lowest BCUT2D eigenvalue weighted by atomic mass is 10.2. The highest BCUT2D eigenvalue weighted by Crippen LogP contribution is 2.20. The van der Waals surface area contributed by atoms with Gasteiger partial charge in [0, 0.05) is 5.56 Å². The van der Waals surface area contributed by atoms with Crippen LogP contribution < -0.4 is 0 Å². The molecule has 0 spiro atoms. The van der Waals surface area contributed by atoms with Crippen LogP contribution in [0, 0.1) is 0 Å². The largest absolute Gasteiger partial charge is 0.390 e. The van der Waals surface area contributed by atoms with Gasteiger partial charge in [0.2, 0.25) is 0 Å². The Labute approximate surface area is 86.4 Å². The molecule has 0 aliphatic carbocycles. The van der Waals surface area contributed by atoms with Crippen molar-refractivity contribution in [3.05, 3.63) is 41.2 Å². The van der Waals surface area contributed by atoms with Crippen LogP contribution in [0.2, 0.25) is 5.15 Å². The molecule has 0 saturated carbocycles. The zero-order chi connectivity index (χ0) is 9.97. The van der Waals surface area contributed by atoms with Crippen LogP contribution >= 0.6 is 11.6 Å². The molecular formula is C10H9ClN2O. The van der Waals surface area contributed by atoms with Crippen LogP contribution in [0.25, 0.3) is 11.4 Å². The number of imidazole rings is 1. The highest BCUT2D eigenvalue weighted by atomic mass is 35.5. The van der Waals surface area contributed by atoms with Crippen molar-refractivity contribution >= 4 is 11.6 Å². The fourth-order valence-electron chi connectivity index (χ4n) is 1.23. The van der Waals surface area contributed by atoms with Gasteiger partial charge in [0.05, 0.1) is 12.3 Å². The average molecular weight is 209 g/mol. The van der Waals surface area contributed by atoms with Crippen molar-refractivity contribution in [1.82, 2.24) is 9.97 Å². The second kappa shape index (κ2) is 3.82. The Morgan fingerprint density at radius 2 is 2.00 bits per heavy atom. The molecule has 2 rings (SSSR count). The minimum atomic E-state index is -0.126. The predicted molar refractivity (Wildman–Crippen MR) is 55.0 cm³/mol. The van der Waals surface area contributed by atoms with Gasteiger partial charge < -0.3 is 10.1 Å². The van der Waals surface area contributed by atoms with Crippen molar-refractivity contribution < 1.29 is 5.11 Å². The summed E-state index contributed by atoms with van der Waals surface area (Å²) in [6, 6.07) is 9.63. The van der Waals surface area contributed by atoms with E-state index in [0.29, 0.717) is 16.7 Å². The number of H-pyrrole nitrogens is 1. The van der Waals surface area contributed by atoms with E-state index in [1.165, 1.54) is 0 Å². The Morgan fingerprint density at radius 1 is 1.29 bits per heavy atom. The van der Waals surface area contributed by atoms with Crippen molar-refractivity contribution in [2.75, 3.05) is 0 Å². The van der Waals surface area contributed by atoms with Gasteiger partial charge >= 0.3 is 0 Å². The van der Waals surface area contributed by atoms with Crippen LogP contribution in [0.3, 0.4) is 0 Å². The molecule has 0 amide bonds. The summed E-state index contributed by atoms with van der Waals surface area (Å²) in [6.45, 7) is -0.126. The Hall–Kier alpha value is -1.32. The third kappa shape index (κ3) is 1.64. The van der Waals surface area contributed by atoms with Gasteiger partial charge in [0.15, 0.2) is 5.15 Å². The van der Waals surface area contributed by atoms with Crippen molar-refractivity contribution in [3.8, 4) is 11.4 Å². The second-order valence-corrected chi connectivity index (χ2v) is 3.24. The number of halogens is 1. The highest BCUT2D eigenvalue weighted by molar-refractivity contribution is 6.30. The number of nitrogens with zero attached hydrogens (tertiary/aromatic N) is 1. The number of aliphatic hydroxyl groups is 1. The van der Waals surface area contributed by atoms with Gasteiger partial charge in [0.25, 0.3) is 0 Å². The van der Waals surface area contributed by atoms with E-state index in [0.717, 1.165) is 5.56 Å². The van der Waals surface area contributed by atoms with E-state index in [4.69, 9.17) is 16.7 Å². The van der Waals surface area contributed by atoms with Crippen molar-refractivity contribution in [1.29, 1.82) is 0 Å². The topological polar surface area (TPSA) is 48.9 Å². The summed E-state index contributed by atoms with van der Waals surface area (Å²) >= 11 is 5.79. The third-order valence-corrected chi connectivity index (χ3v) is 2.25. The number of nitrogens with one attached hydrogen (secondary N) is 1. The minimum absolute atomic E-state index is 0.126. The maximum atomic E-state index is 8.92. The monoisotopic (exact) mass is 208 g/mol. The molecule has 0 fully saturated rings. The first-order chi connectivity index (χ1) is 6.81. The van der Waals surface area contributed by atoms with Gasteiger partial charge in [-0.1, -0.05) is 41.9 Å². The summed E-state index contributed by atoms with van der Waals surface area (Å²) in [7, 11) is 0. The molecule has 0 saturated heterocycles. The quantitative estimate of drug-likeness (QED) is 0.795. The van der Waals surface area contributed by atoms with Gasteiger partial charge in [0.1, 0.15) is 5.82 Å². The molecule has 1 aromatic carbocycles. The summed E-state index contributed by atoms with van der Waals surface area (Å²) in [5, 5.41) is 9.25. The first-order valence-electron chi connectivity index (χ1n) is 4.22. The van der Waals surface area contributed by atoms with Crippen molar-refractivity contribution in [2.45, 2.75) is 6.61 Å². The predicted octanol–water partition coefficient (Wildman–Crippen LogP) is 2.22. The molecule has 0 atom stereocenters. The number of benzene rings is 1. The van der Waals surface area contributed by atoms with Crippen molar-refractivity contribution in [3.63, 3.8) is 0 Å². The number of hydrogen-bond donors (Lipinski definition) is 2. The maximum absolute atomic E-state index is 8.92. The fraction of sp³-hybridized carbons (Fsp3) is 0.100. The molecule has 4 heteroatoms. The molecule has 0 aliphatic rings. The van der Waals surface area contributed by atoms with Gasteiger partial charge in [-0.05, 0) is 0 Å². The summed E-state index contributed by atoms with van der Waals surface area (Å²) in [5.74, 6) is 0.680. The van der Waals surface area contributed by atoms with Crippen LogP contribution in [0.4, 0.5) is 0 Å². The summed E-state index contributed by atoms with van der Waals surface area (Å²) < 4.78 is 0. The number of aromatic amines is 1. The smallest absolute Gasteiger partial charge is 0.153 e. The molecule has 1 heterocycles. The van der Waals surface area contributed by atoms with Crippen LogP contribution in [0.5, 0.6) is 0 Å². The molecule has 14 heavy (non-hydrogen) atoms. The van der Waals surface area contributed by atoms with Gasteiger partial charge in [-0.15, -0.1) is 0 Å². The van der Waals surface area contributed by atoms with Crippen LogP contribution in [-0.2, 0) is 6.61 Å². The average Bonchev–Trinajstić information content (AvgIpc) is 2.61. The Bertz CT molecular complexity index is 425. The third-order valence-electron chi connectivity index (χ3n) is 1.93. The van der Waals surface area contributed by atoms with Gasteiger partial charge in [-0.3, -0.25) is 0 Å². The van der Waals surface area contributed by atoms with E-state index in [9.17, 15) is 0 Å². The molecule has 72 valence electrons. The van der Waals surface area contributed by atoms with E-state index in [1.54, 1.807) is 0 Å². The number of aliphatic hydroxyl groups excluding tert-OH is 1. The molecule has 0 radical (unpaired) electrons. The summed E-state index contributed by atoms with van der Waals surface area (Å²) in [5.41, 5.74) is 1.50. The van der Waals surface area contributed by atoms with Crippen molar-refractivity contribution in [2.24, 2.45) is 0 Å². The van der Waals surface area contributed by atoms with Gasteiger partial charge in [-0.25, -0.2) is 4.98 Å². The number of hydrogen-bond acceptors (Lipinski definition) is 2. The molecule has 0 bridgehead atoms. The Balaban J connectivity index is 2.43. The van der Waals surface area contributed by atoms with Crippen LogP contribution in [0.1, 0.15) is 5.69 Å². The zero-order valence-corrected chi connectivity index (χ0v) is 8.12. The molecule has 0 aliphatic heterocycles. The van der Waals surface area contributed by atoms with E-state index in [-0.39, 0.29) is 6.61 Å². The SMILES string of the molecule is OCc1[nH]c(-c2ccccc2)nc1Cl. The number of rotatable bonds is 2. The standard InChI is InChI=1S/C10H9ClN2O/c11-9-8(6-14)12-10(13-9)7-4-2-1-3-5-7/h1-5,14H,6H2,(H,12,13). The second-order valence-electron chi connectivity index (χ2n) is 2.88. The molecule has 0 unspecified atom stereocenters. The fourth-order valence-corrected chi connectivity index (χ4v) is 1.42. The van der Waals surface area contributed by atoms with E-state index >= 15 is 0 Å². The first-order valence-corrected chi connectivity index (χ1v) is 4.59. The van der Waals surface area contributed by atoms with E-state index in [2.05, 4.69) is 9.97 Å². The molecule has 2 aromatic rings. The maximum Gasteiger partial charge on any atom is 0.153 e. The van der Waals surface area contributed by atoms with E-state index < -0.39 is 0 Å². The molecular weight excluding hydrogens is 200 g/mol. The summed E-state index contributed by atoms with van der Waals surface area (Å²) in [6.07, 6.45) is 0. The van der Waals surface area contributed by atoms with Crippen LogP contribution in [0.15, 0.2) is 30.3 Å².